The standard InChI is InChI=1S/C23H25N5O4/c1-28-10-7-15(23(28)30)6-5-14-3-2-4-16(13-14)21-26-19(20(25)29)18(24)22(27-21)32-17-8-11-31-12-9-17/h2-4,13,15,17H,7-12,24H2,1H3,(H2,25,29). The van der Waals surface area contributed by atoms with E-state index in [9.17, 15) is 9.59 Å². The lowest BCUT2D eigenvalue weighted by molar-refractivity contribution is -0.128. The topological polar surface area (TPSA) is 134 Å². The van der Waals surface area contributed by atoms with Crippen molar-refractivity contribution >= 4 is 17.5 Å². The average Bonchev–Trinajstić information content (AvgIpc) is 3.12. The first-order valence-corrected chi connectivity index (χ1v) is 10.5. The molecule has 3 heterocycles. The lowest BCUT2D eigenvalue weighted by Crippen LogP contribution is -2.27. The van der Waals surface area contributed by atoms with Crippen molar-refractivity contribution in [3.05, 3.63) is 35.5 Å². The van der Waals surface area contributed by atoms with Gasteiger partial charge in [0.1, 0.15) is 17.7 Å². The molecule has 0 bridgehead atoms. The van der Waals surface area contributed by atoms with E-state index in [0.29, 0.717) is 43.7 Å². The average molecular weight is 435 g/mol. The van der Waals surface area contributed by atoms with Gasteiger partial charge in [0, 0.05) is 37.6 Å². The van der Waals surface area contributed by atoms with Gasteiger partial charge in [0.15, 0.2) is 11.5 Å². The second kappa shape index (κ2) is 9.24. The summed E-state index contributed by atoms with van der Waals surface area (Å²) < 4.78 is 11.3. The zero-order valence-electron chi connectivity index (χ0n) is 17.8. The molecule has 2 fully saturated rings. The van der Waals surface area contributed by atoms with Crippen LogP contribution < -0.4 is 16.2 Å². The molecular formula is C23H25N5O4. The Hall–Kier alpha value is -3.64. The predicted molar refractivity (Wildman–Crippen MR) is 117 cm³/mol. The lowest BCUT2D eigenvalue weighted by atomic mass is 10.1. The summed E-state index contributed by atoms with van der Waals surface area (Å²) in [6.45, 7) is 1.89. The molecule has 0 saturated carbocycles. The number of anilines is 1. The number of nitrogen functional groups attached to an aromatic ring is 1. The van der Waals surface area contributed by atoms with Crippen LogP contribution in [0.3, 0.4) is 0 Å². The highest BCUT2D eigenvalue weighted by molar-refractivity contribution is 5.97. The van der Waals surface area contributed by atoms with Crippen LogP contribution >= 0.6 is 0 Å². The second-order valence-corrected chi connectivity index (χ2v) is 7.86. The molecule has 2 aliphatic rings. The molecule has 4 rings (SSSR count). The van der Waals surface area contributed by atoms with Crippen molar-refractivity contribution in [2.45, 2.75) is 25.4 Å². The molecule has 9 nitrogen and oxygen atoms in total. The fourth-order valence-corrected chi connectivity index (χ4v) is 3.67. The van der Waals surface area contributed by atoms with Crippen molar-refractivity contribution in [3.63, 3.8) is 0 Å². The predicted octanol–water partition coefficient (Wildman–Crippen LogP) is 1.21. The number of rotatable bonds is 4. The van der Waals surface area contributed by atoms with Gasteiger partial charge >= 0.3 is 0 Å². The van der Waals surface area contributed by atoms with E-state index in [1.54, 1.807) is 24.1 Å². The molecule has 1 aromatic carbocycles. The summed E-state index contributed by atoms with van der Waals surface area (Å²) in [5.41, 5.74) is 12.8. The Balaban J connectivity index is 1.65. The molecule has 2 aliphatic heterocycles. The molecule has 1 aromatic heterocycles. The molecule has 9 heteroatoms. The number of carbonyl (C=O) groups excluding carboxylic acids is 2. The normalized spacial score (nSPS) is 18.8. The van der Waals surface area contributed by atoms with E-state index < -0.39 is 5.91 Å². The van der Waals surface area contributed by atoms with Gasteiger partial charge < -0.3 is 25.8 Å². The van der Waals surface area contributed by atoms with E-state index in [1.807, 2.05) is 12.1 Å². The number of benzene rings is 1. The summed E-state index contributed by atoms with van der Waals surface area (Å²) in [6.07, 6.45) is 2.00. The van der Waals surface area contributed by atoms with Gasteiger partial charge in [-0.1, -0.05) is 24.0 Å². The summed E-state index contributed by atoms with van der Waals surface area (Å²) >= 11 is 0. The van der Waals surface area contributed by atoms with Crippen molar-refractivity contribution in [2.24, 2.45) is 11.7 Å². The van der Waals surface area contributed by atoms with E-state index >= 15 is 0 Å². The molecule has 0 aliphatic carbocycles. The second-order valence-electron chi connectivity index (χ2n) is 7.86. The molecule has 1 atom stereocenters. The largest absolute Gasteiger partial charge is 0.473 e. The van der Waals surface area contributed by atoms with Crippen LogP contribution in [0, 0.1) is 17.8 Å². The highest BCUT2D eigenvalue weighted by Gasteiger charge is 2.27. The Labute approximate surface area is 186 Å². The number of nitrogens with zero attached hydrogens (tertiary/aromatic N) is 3. The Kier molecular flexibility index (Phi) is 6.23. The lowest BCUT2D eigenvalue weighted by Gasteiger charge is -2.23. The molecule has 32 heavy (non-hydrogen) atoms. The third-order valence-corrected chi connectivity index (χ3v) is 5.53. The van der Waals surface area contributed by atoms with E-state index in [2.05, 4.69) is 21.8 Å². The number of carbonyl (C=O) groups is 2. The molecular weight excluding hydrogens is 410 g/mol. The van der Waals surface area contributed by atoms with Gasteiger partial charge in [-0.3, -0.25) is 9.59 Å². The zero-order chi connectivity index (χ0) is 22.7. The van der Waals surface area contributed by atoms with E-state index in [0.717, 1.165) is 6.42 Å². The minimum Gasteiger partial charge on any atom is -0.473 e. The number of nitrogens with two attached hydrogens (primary N) is 2. The first kappa shape index (κ1) is 21.6. The Bertz CT molecular complexity index is 1100. The SMILES string of the molecule is CN1CCC(C#Cc2cccc(-c3nc(OC4CCOCC4)c(N)c(C(N)=O)n3)c2)C1=O. The minimum absolute atomic E-state index is 0.0209. The van der Waals surface area contributed by atoms with E-state index in [1.165, 1.54) is 0 Å². The third-order valence-electron chi connectivity index (χ3n) is 5.53. The van der Waals surface area contributed by atoms with Gasteiger partial charge in [0.05, 0.1) is 13.2 Å². The first-order chi connectivity index (χ1) is 15.4. The highest BCUT2D eigenvalue weighted by atomic mass is 16.5. The van der Waals surface area contributed by atoms with Crippen molar-refractivity contribution < 1.29 is 19.1 Å². The summed E-state index contributed by atoms with van der Waals surface area (Å²) in [6, 6.07) is 7.24. The van der Waals surface area contributed by atoms with Crippen LogP contribution in [-0.2, 0) is 9.53 Å². The van der Waals surface area contributed by atoms with E-state index in [4.69, 9.17) is 20.9 Å². The van der Waals surface area contributed by atoms with Crippen molar-refractivity contribution in [2.75, 3.05) is 32.5 Å². The van der Waals surface area contributed by atoms with Crippen LogP contribution in [-0.4, -0.2) is 59.6 Å². The van der Waals surface area contributed by atoms with Gasteiger partial charge in [-0.2, -0.15) is 4.98 Å². The van der Waals surface area contributed by atoms with Crippen molar-refractivity contribution in [3.8, 4) is 29.1 Å². The number of hydrogen-bond donors (Lipinski definition) is 2. The fourth-order valence-electron chi connectivity index (χ4n) is 3.67. The molecule has 166 valence electrons. The summed E-state index contributed by atoms with van der Waals surface area (Å²) in [5.74, 6) is 5.48. The Morgan fingerprint density at radius 1 is 1.25 bits per heavy atom. The maximum Gasteiger partial charge on any atom is 0.269 e. The van der Waals surface area contributed by atoms with E-state index in [-0.39, 0.29) is 41.0 Å². The number of aromatic nitrogens is 2. The Morgan fingerprint density at radius 2 is 2.03 bits per heavy atom. The van der Waals surface area contributed by atoms with Gasteiger partial charge in [-0.15, -0.1) is 0 Å². The Morgan fingerprint density at radius 3 is 2.72 bits per heavy atom. The minimum atomic E-state index is -0.761. The third kappa shape index (κ3) is 4.65. The van der Waals surface area contributed by atoms with Gasteiger partial charge in [0.2, 0.25) is 11.8 Å². The van der Waals surface area contributed by atoms with Gasteiger partial charge in [-0.25, -0.2) is 4.98 Å². The van der Waals surface area contributed by atoms with Crippen molar-refractivity contribution in [1.82, 2.24) is 14.9 Å². The molecule has 2 amide bonds. The van der Waals surface area contributed by atoms with Crippen LogP contribution in [0.5, 0.6) is 5.88 Å². The van der Waals surface area contributed by atoms with Crippen LogP contribution in [0.15, 0.2) is 24.3 Å². The number of ether oxygens (including phenoxy) is 2. The maximum atomic E-state index is 12.1. The number of likely N-dealkylation sites (tertiary alicyclic amines) is 1. The molecule has 1 unspecified atom stereocenters. The van der Waals surface area contributed by atoms with Crippen molar-refractivity contribution in [1.29, 1.82) is 0 Å². The quantitative estimate of drug-likeness (QED) is 0.690. The molecule has 0 radical (unpaired) electrons. The smallest absolute Gasteiger partial charge is 0.269 e. The number of hydrogen-bond acceptors (Lipinski definition) is 7. The molecule has 2 saturated heterocycles. The van der Waals surface area contributed by atoms with Gasteiger partial charge in [-0.05, 0) is 18.6 Å². The monoisotopic (exact) mass is 435 g/mol. The molecule has 4 N–H and O–H groups in total. The first-order valence-electron chi connectivity index (χ1n) is 10.5. The molecule has 0 spiro atoms. The maximum absolute atomic E-state index is 12.1. The van der Waals surface area contributed by atoms with Gasteiger partial charge in [0.25, 0.3) is 5.91 Å². The fraction of sp³-hybridized carbons (Fsp3) is 0.391. The number of primary amides is 1. The summed E-state index contributed by atoms with van der Waals surface area (Å²) in [5, 5.41) is 0. The van der Waals surface area contributed by atoms with Crippen LogP contribution in [0.25, 0.3) is 11.4 Å². The van der Waals surface area contributed by atoms with Crippen LogP contribution in [0.1, 0.15) is 35.3 Å². The molecule has 2 aromatic rings. The highest BCUT2D eigenvalue weighted by Crippen LogP contribution is 2.29. The van der Waals surface area contributed by atoms with Crippen LogP contribution in [0.2, 0.25) is 0 Å². The number of amides is 2. The van der Waals surface area contributed by atoms with Crippen LogP contribution in [0.4, 0.5) is 5.69 Å². The summed E-state index contributed by atoms with van der Waals surface area (Å²) in [7, 11) is 1.78. The zero-order valence-corrected chi connectivity index (χ0v) is 17.8. The summed E-state index contributed by atoms with van der Waals surface area (Å²) in [4.78, 5) is 34.4.